The molecule has 19 heavy (non-hydrogen) atoms. The molecule has 8 heteroatoms. The minimum atomic E-state index is -3.84. The molecule has 1 unspecified atom stereocenters. The normalized spacial score (nSPS) is 13.2. The molecule has 0 saturated heterocycles. The van der Waals surface area contributed by atoms with Crippen LogP contribution in [0.1, 0.15) is 11.6 Å². The molecular weight excluding hydrogens is 277 g/mol. The van der Waals surface area contributed by atoms with Gasteiger partial charge in [0.2, 0.25) is 0 Å². The Hall–Kier alpha value is -1.38. The van der Waals surface area contributed by atoms with Crippen molar-refractivity contribution in [3.05, 3.63) is 17.4 Å². The Morgan fingerprint density at radius 2 is 1.89 bits per heavy atom. The summed E-state index contributed by atoms with van der Waals surface area (Å²) < 4.78 is 47.1. The predicted octanol–water partition coefficient (Wildman–Crippen LogP) is 0.238. The first-order valence-corrected chi connectivity index (χ1v) is 7.17. The van der Waals surface area contributed by atoms with Crippen molar-refractivity contribution in [2.45, 2.75) is 10.9 Å². The van der Waals surface area contributed by atoms with E-state index in [0.29, 0.717) is 0 Å². The zero-order valence-corrected chi connectivity index (χ0v) is 11.6. The van der Waals surface area contributed by atoms with Gasteiger partial charge >= 0.3 is 0 Å². The number of methoxy groups -OCH3 is 2. The highest BCUT2D eigenvalue weighted by Crippen LogP contribution is 2.41. The van der Waals surface area contributed by atoms with E-state index >= 15 is 0 Å². The van der Waals surface area contributed by atoms with E-state index in [2.05, 4.69) is 0 Å². The van der Waals surface area contributed by atoms with Crippen molar-refractivity contribution in [1.29, 1.82) is 0 Å². The zero-order valence-electron chi connectivity index (χ0n) is 10.8. The lowest BCUT2D eigenvalue weighted by Gasteiger charge is -2.19. The molecule has 108 valence electrons. The number of aliphatic hydroxyl groups excluding tert-OH is 1. The van der Waals surface area contributed by atoms with Gasteiger partial charge < -0.3 is 20.3 Å². The molecule has 1 rings (SSSR count). The van der Waals surface area contributed by atoms with E-state index in [9.17, 15) is 12.8 Å². The van der Waals surface area contributed by atoms with Gasteiger partial charge in [0.25, 0.3) is 0 Å². The summed E-state index contributed by atoms with van der Waals surface area (Å²) in [6.45, 7) is -0.447. The molecule has 0 aromatic heterocycles. The van der Waals surface area contributed by atoms with Crippen LogP contribution in [0.15, 0.2) is 11.0 Å². The van der Waals surface area contributed by atoms with Gasteiger partial charge in [-0.2, -0.15) is 0 Å². The van der Waals surface area contributed by atoms with Crippen molar-refractivity contribution >= 4 is 9.84 Å². The van der Waals surface area contributed by atoms with Crippen LogP contribution in [0.5, 0.6) is 11.5 Å². The minimum Gasteiger partial charge on any atom is -0.492 e. The van der Waals surface area contributed by atoms with E-state index in [0.717, 1.165) is 12.3 Å². The Balaban J connectivity index is 3.74. The summed E-state index contributed by atoms with van der Waals surface area (Å²) in [5.41, 5.74) is 5.75. The summed E-state index contributed by atoms with van der Waals surface area (Å²) >= 11 is 0. The molecule has 0 heterocycles. The van der Waals surface area contributed by atoms with E-state index in [4.69, 9.17) is 20.3 Å². The average Bonchev–Trinajstić information content (AvgIpc) is 2.34. The third-order valence-electron chi connectivity index (χ3n) is 2.55. The SMILES string of the molecule is COc1c(C(N)CO)cc(F)c(S(C)(=O)=O)c1OC. The summed E-state index contributed by atoms with van der Waals surface area (Å²) in [7, 11) is -1.37. The number of hydrogen-bond acceptors (Lipinski definition) is 6. The first-order chi connectivity index (χ1) is 8.77. The molecule has 1 aromatic carbocycles. The van der Waals surface area contributed by atoms with Gasteiger partial charge in [-0.1, -0.05) is 0 Å². The molecule has 0 aliphatic rings. The molecule has 0 aliphatic carbocycles. The molecule has 3 N–H and O–H groups in total. The maximum Gasteiger partial charge on any atom is 0.182 e. The van der Waals surface area contributed by atoms with Gasteiger partial charge in [-0.05, 0) is 6.07 Å². The van der Waals surface area contributed by atoms with Gasteiger partial charge in [-0.15, -0.1) is 0 Å². The number of benzene rings is 1. The predicted molar refractivity (Wildman–Crippen MR) is 66.6 cm³/mol. The van der Waals surface area contributed by atoms with Gasteiger partial charge in [0, 0.05) is 11.8 Å². The molecule has 0 saturated carbocycles. The second-order valence-electron chi connectivity index (χ2n) is 3.90. The molecule has 0 bridgehead atoms. The zero-order chi connectivity index (χ0) is 14.8. The summed E-state index contributed by atoms with van der Waals surface area (Å²) in [5.74, 6) is -1.27. The van der Waals surface area contributed by atoms with Gasteiger partial charge in [-0.3, -0.25) is 0 Å². The summed E-state index contributed by atoms with van der Waals surface area (Å²) in [6, 6.07) is 0.0190. The maximum absolute atomic E-state index is 14.0. The second kappa shape index (κ2) is 5.72. The third-order valence-corrected chi connectivity index (χ3v) is 3.67. The number of aliphatic hydroxyl groups is 1. The largest absolute Gasteiger partial charge is 0.492 e. The standard InChI is InChI=1S/C11H16FNO5S/c1-17-9-6(8(13)5-14)4-7(12)11(10(9)18-2)19(3,15)16/h4,8,14H,5,13H2,1-3H3. The second-order valence-corrected chi connectivity index (χ2v) is 5.86. The quantitative estimate of drug-likeness (QED) is 0.807. The van der Waals surface area contributed by atoms with Crippen molar-refractivity contribution in [2.75, 3.05) is 27.1 Å². The Bertz CT molecular complexity index is 573. The van der Waals surface area contributed by atoms with Crippen LogP contribution in [-0.4, -0.2) is 40.6 Å². The van der Waals surface area contributed by atoms with Crippen LogP contribution in [-0.2, 0) is 9.84 Å². The average molecular weight is 293 g/mol. The van der Waals surface area contributed by atoms with Gasteiger partial charge in [0.15, 0.2) is 21.3 Å². The molecular formula is C11H16FNO5S. The van der Waals surface area contributed by atoms with Crippen molar-refractivity contribution in [3.63, 3.8) is 0 Å². The summed E-state index contributed by atoms with van der Waals surface area (Å²) in [4.78, 5) is -0.597. The lowest BCUT2D eigenvalue weighted by molar-refractivity contribution is 0.262. The topological polar surface area (TPSA) is 98.9 Å². The number of nitrogens with two attached hydrogens (primary N) is 1. The highest BCUT2D eigenvalue weighted by molar-refractivity contribution is 7.90. The molecule has 1 aromatic rings. The van der Waals surface area contributed by atoms with E-state index in [1.165, 1.54) is 14.2 Å². The van der Waals surface area contributed by atoms with Crippen LogP contribution in [0.3, 0.4) is 0 Å². The molecule has 1 atom stereocenters. The van der Waals surface area contributed by atoms with E-state index in [1.54, 1.807) is 0 Å². The van der Waals surface area contributed by atoms with Gasteiger partial charge in [0.05, 0.1) is 26.9 Å². The summed E-state index contributed by atoms with van der Waals surface area (Å²) in [5, 5.41) is 9.03. The number of rotatable bonds is 5. The fourth-order valence-corrected chi connectivity index (χ4v) is 2.65. The van der Waals surface area contributed by atoms with E-state index < -0.39 is 33.2 Å². The fourth-order valence-electron chi connectivity index (χ4n) is 1.73. The van der Waals surface area contributed by atoms with Crippen molar-refractivity contribution < 1.29 is 27.4 Å². The molecule has 0 aliphatic heterocycles. The van der Waals surface area contributed by atoms with Crippen LogP contribution >= 0.6 is 0 Å². The smallest absolute Gasteiger partial charge is 0.182 e. The van der Waals surface area contributed by atoms with Crippen LogP contribution < -0.4 is 15.2 Å². The number of ether oxygens (including phenoxy) is 2. The van der Waals surface area contributed by atoms with Gasteiger partial charge in [0.1, 0.15) is 10.7 Å². The third kappa shape index (κ3) is 2.96. The highest BCUT2D eigenvalue weighted by Gasteiger charge is 2.28. The first kappa shape index (κ1) is 15.7. The molecule has 0 radical (unpaired) electrons. The Labute approximate surface area is 110 Å². The Morgan fingerprint density at radius 1 is 1.37 bits per heavy atom. The lowest BCUT2D eigenvalue weighted by atomic mass is 10.1. The molecule has 0 spiro atoms. The maximum atomic E-state index is 14.0. The number of sulfone groups is 1. The number of hydrogen-bond donors (Lipinski definition) is 2. The van der Waals surface area contributed by atoms with Crippen LogP contribution in [0.4, 0.5) is 4.39 Å². The summed E-state index contributed by atoms with van der Waals surface area (Å²) in [6.07, 6.45) is 0.860. The van der Waals surface area contributed by atoms with Crippen LogP contribution in [0.25, 0.3) is 0 Å². The van der Waals surface area contributed by atoms with Crippen LogP contribution in [0, 0.1) is 5.82 Å². The monoisotopic (exact) mass is 293 g/mol. The van der Waals surface area contributed by atoms with Crippen molar-refractivity contribution in [3.8, 4) is 11.5 Å². The van der Waals surface area contributed by atoms with Crippen molar-refractivity contribution in [2.24, 2.45) is 5.73 Å². The molecule has 0 fully saturated rings. The Kier molecular flexibility index (Phi) is 4.72. The molecule has 0 amide bonds. The van der Waals surface area contributed by atoms with Gasteiger partial charge in [-0.25, -0.2) is 12.8 Å². The highest BCUT2D eigenvalue weighted by atomic mass is 32.2. The molecule has 6 nitrogen and oxygen atoms in total. The number of halogens is 1. The van der Waals surface area contributed by atoms with E-state index in [1.807, 2.05) is 0 Å². The van der Waals surface area contributed by atoms with Crippen molar-refractivity contribution in [1.82, 2.24) is 0 Å². The van der Waals surface area contributed by atoms with Crippen LogP contribution in [0.2, 0.25) is 0 Å². The lowest BCUT2D eigenvalue weighted by Crippen LogP contribution is -2.17. The minimum absolute atomic E-state index is 0.00845. The fraction of sp³-hybridized carbons (Fsp3) is 0.455. The Morgan fingerprint density at radius 3 is 2.26 bits per heavy atom. The van der Waals surface area contributed by atoms with E-state index in [-0.39, 0.29) is 17.1 Å². The first-order valence-electron chi connectivity index (χ1n) is 5.28.